The molecule has 2 aromatic heterocycles. The molecule has 0 spiro atoms. The highest BCUT2D eigenvalue weighted by atomic mass is 31.2. The summed E-state index contributed by atoms with van der Waals surface area (Å²) < 4.78 is 38.4. The number of imidazole rings is 1. The third-order valence-electron chi connectivity index (χ3n) is 4.20. The van der Waals surface area contributed by atoms with E-state index in [1.165, 1.54) is 18.0 Å². The van der Waals surface area contributed by atoms with Crippen LogP contribution in [-0.4, -0.2) is 52.5 Å². The molecule has 0 aliphatic carbocycles. The molecule has 26 heavy (non-hydrogen) atoms. The van der Waals surface area contributed by atoms with E-state index in [9.17, 15) is 14.3 Å². The molecule has 3 rings (SSSR count). The number of aromatic nitrogens is 3. The quantitative estimate of drug-likeness (QED) is 0.652. The number of hydrogen-bond donors (Lipinski definition) is 2. The van der Waals surface area contributed by atoms with Crippen LogP contribution >= 0.6 is 7.82 Å². The lowest BCUT2D eigenvalue weighted by atomic mass is 10.0. The third-order valence-corrected chi connectivity index (χ3v) is 5.14. The second kappa shape index (κ2) is 7.06. The van der Waals surface area contributed by atoms with E-state index in [1.807, 2.05) is 6.92 Å². The van der Waals surface area contributed by atoms with E-state index >= 15 is 0 Å². The van der Waals surface area contributed by atoms with Crippen molar-refractivity contribution in [2.75, 3.05) is 26.6 Å². The summed E-state index contributed by atoms with van der Waals surface area (Å²) in [6.45, 7) is 1.62. The first-order valence-electron chi connectivity index (χ1n) is 7.62. The fourth-order valence-corrected chi connectivity index (χ4v) is 3.43. The molecule has 0 bridgehead atoms. The van der Waals surface area contributed by atoms with Crippen molar-refractivity contribution >= 4 is 25.0 Å². The smallest absolute Gasteiger partial charge is 0.388 e. The van der Waals surface area contributed by atoms with Gasteiger partial charge in [0.2, 0.25) is 0 Å². The zero-order valence-electron chi connectivity index (χ0n) is 14.3. The largest absolute Gasteiger partial charge is 0.472 e. The molecular formula is C13H19N4O8P. The number of phosphoric ester groups is 1. The standard InChI is InChI=1S/C13H19N4O8P/c1-6-9(21-2)7(4-23-26(19,20)22-3)24-11(6)17-5-15-8-10(17)16-13(14)25-12(8)18/h5-7,9,11H,4H2,1-3H3,(H2,14,16)(H,19,20)/t6-,7+,9?,11+/m0/s1. The summed E-state index contributed by atoms with van der Waals surface area (Å²) in [7, 11) is -1.60. The Morgan fingerprint density at radius 3 is 2.85 bits per heavy atom. The maximum atomic E-state index is 11.8. The number of nitrogen functional groups attached to an aromatic ring is 1. The molecule has 0 saturated carbocycles. The van der Waals surface area contributed by atoms with Crippen LogP contribution < -0.4 is 11.4 Å². The van der Waals surface area contributed by atoms with Crippen LogP contribution in [-0.2, 0) is 23.1 Å². The Kier molecular flexibility index (Phi) is 5.15. The van der Waals surface area contributed by atoms with Gasteiger partial charge in [-0.1, -0.05) is 6.92 Å². The SMILES string of the molecule is COC1[C@@H](COP(=O)(O)OC)O[C@@H](n2cnc3c(=O)oc(N)nc32)[C@H]1C. The maximum Gasteiger partial charge on any atom is 0.472 e. The fourth-order valence-electron chi connectivity index (χ4n) is 2.99. The van der Waals surface area contributed by atoms with Crippen molar-refractivity contribution in [1.29, 1.82) is 0 Å². The lowest BCUT2D eigenvalue weighted by Crippen LogP contribution is -2.31. The lowest BCUT2D eigenvalue weighted by molar-refractivity contribution is -0.0513. The van der Waals surface area contributed by atoms with E-state index in [0.29, 0.717) is 0 Å². The molecule has 12 nitrogen and oxygen atoms in total. The highest BCUT2D eigenvalue weighted by Gasteiger charge is 2.44. The third kappa shape index (κ3) is 3.39. The Labute approximate surface area is 147 Å². The number of phosphoric acid groups is 1. The molecule has 3 heterocycles. The number of nitrogens with zero attached hydrogens (tertiary/aromatic N) is 3. The van der Waals surface area contributed by atoms with Crippen LogP contribution in [0.2, 0.25) is 0 Å². The Bertz CT molecular complexity index is 898. The summed E-state index contributed by atoms with van der Waals surface area (Å²) in [5.74, 6) is -0.220. The molecule has 1 aliphatic heterocycles. The first kappa shape index (κ1) is 19.0. The molecule has 1 aliphatic rings. The van der Waals surface area contributed by atoms with Gasteiger partial charge in [-0.15, -0.1) is 0 Å². The van der Waals surface area contributed by atoms with Gasteiger partial charge in [0.1, 0.15) is 12.3 Å². The number of methoxy groups -OCH3 is 1. The van der Waals surface area contributed by atoms with Crippen molar-refractivity contribution < 1.29 is 32.4 Å². The van der Waals surface area contributed by atoms with Crippen molar-refractivity contribution in [2.45, 2.75) is 25.4 Å². The van der Waals surface area contributed by atoms with E-state index in [2.05, 4.69) is 14.5 Å². The number of anilines is 1. The zero-order chi connectivity index (χ0) is 19.1. The highest BCUT2D eigenvalue weighted by Crippen LogP contribution is 2.44. The van der Waals surface area contributed by atoms with Crippen molar-refractivity contribution in [3.05, 3.63) is 16.7 Å². The zero-order valence-corrected chi connectivity index (χ0v) is 15.2. The van der Waals surface area contributed by atoms with Gasteiger partial charge in [-0.2, -0.15) is 4.98 Å². The molecular weight excluding hydrogens is 371 g/mol. The molecule has 5 atom stereocenters. The average molecular weight is 390 g/mol. The highest BCUT2D eigenvalue weighted by molar-refractivity contribution is 7.47. The molecule has 2 aromatic rings. The molecule has 144 valence electrons. The van der Waals surface area contributed by atoms with E-state index in [0.717, 1.165) is 7.11 Å². The Morgan fingerprint density at radius 2 is 2.19 bits per heavy atom. The normalized spacial score (nSPS) is 28.5. The van der Waals surface area contributed by atoms with Crippen LogP contribution in [0, 0.1) is 5.92 Å². The summed E-state index contributed by atoms with van der Waals surface area (Å²) >= 11 is 0. The minimum Gasteiger partial charge on any atom is -0.388 e. The molecule has 1 saturated heterocycles. The van der Waals surface area contributed by atoms with Gasteiger partial charge in [0.15, 0.2) is 11.2 Å². The van der Waals surface area contributed by atoms with Crippen LogP contribution in [0.3, 0.4) is 0 Å². The number of nitrogens with two attached hydrogens (primary N) is 1. The fraction of sp³-hybridized carbons (Fsp3) is 0.615. The van der Waals surface area contributed by atoms with E-state index < -0.39 is 31.9 Å². The number of rotatable bonds is 6. The van der Waals surface area contributed by atoms with Crippen LogP contribution in [0.25, 0.3) is 11.2 Å². The van der Waals surface area contributed by atoms with Crippen LogP contribution in [0.4, 0.5) is 6.01 Å². The van der Waals surface area contributed by atoms with E-state index in [4.69, 9.17) is 24.1 Å². The topological polar surface area (TPSA) is 161 Å². The predicted octanol–water partition coefficient (Wildman–Crippen LogP) is 0.279. The lowest BCUT2D eigenvalue weighted by Gasteiger charge is -2.19. The molecule has 0 radical (unpaired) electrons. The predicted molar refractivity (Wildman–Crippen MR) is 87.1 cm³/mol. The van der Waals surface area contributed by atoms with Gasteiger partial charge in [-0.05, 0) is 0 Å². The summed E-state index contributed by atoms with van der Waals surface area (Å²) in [5, 5.41) is 0. The number of hydrogen-bond acceptors (Lipinski definition) is 10. The van der Waals surface area contributed by atoms with Crippen molar-refractivity contribution in [1.82, 2.24) is 14.5 Å². The molecule has 0 aromatic carbocycles. The number of ether oxygens (including phenoxy) is 2. The second-order valence-corrected chi connectivity index (χ2v) is 7.30. The van der Waals surface area contributed by atoms with Crippen LogP contribution in [0.15, 0.2) is 15.5 Å². The number of fused-ring (bicyclic) bond motifs is 1. The van der Waals surface area contributed by atoms with Crippen LogP contribution in [0.1, 0.15) is 13.2 Å². The van der Waals surface area contributed by atoms with Gasteiger partial charge >= 0.3 is 13.4 Å². The van der Waals surface area contributed by atoms with E-state index in [1.54, 1.807) is 0 Å². The molecule has 2 unspecified atom stereocenters. The Hall–Kier alpha value is -1.82. The van der Waals surface area contributed by atoms with Gasteiger partial charge in [0.05, 0.1) is 19.0 Å². The molecule has 13 heteroatoms. The van der Waals surface area contributed by atoms with Crippen molar-refractivity contribution in [2.24, 2.45) is 5.92 Å². The Balaban J connectivity index is 1.89. The average Bonchev–Trinajstić information content (AvgIpc) is 3.13. The minimum atomic E-state index is -4.15. The minimum absolute atomic E-state index is 0.0166. The van der Waals surface area contributed by atoms with Crippen LogP contribution in [0.5, 0.6) is 0 Å². The van der Waals surface area contributed by atoms with Gasteiger partial charge < -0.3 is 24.5 Å². The summed E-state index contributed by atoms with van der Waals surface area (Å²) in [6.07, 6.45) is -0.345. The van der Waals surface area contributed by atoms with Gasteiger partial charge in [-0.3, -0.25) is 13.6 Å². The Morgan fingerprint density at radius 1 is 1.46 bits per heavy atom. The molecule has 0 amide bonds. The first-order valence-corrected chi connectivity index (χ1v) is 9.11. The first-order chi connectivity index (χ1) is 12.3. The maximum absolute atomic E-state index is 11.8. The van der Waals surface area contributed by atoms with Crippen molar-refractivity contribution in [3.63, 3.8) is 0 Å². The summed E-state index contributed by atoms with van der Waals surface area (Å²) in [4.78, 5) is 29.2. The van der Waals surface area contributed by atoms with Crippen molar-refractivity contribution in [3.8, 4) is 0 Å². The van der Waals surface area contributed by atoms with Gasteiger partial charge in [0, 0.05) is 20.1 Å². The molecule has 1 fully saturated rings. The van der Waals surface area contributed by atoms with Gasteiger partial charge in [-0.25, -0.2) is 14.3 Å². The van der Waals surface area contributed by atoms with E-state index in [-0.39, 0.29) is 29.7 Å². The van der Waals surface area contributed by atoms with Gasteiger partial charge in [0.25, 0.3) is 6.01 Å². The second-order valence-electron chi connectivity index (χ2n) is 5.74. The molecule has 3 N–H and O–H groups in total. The summed E-state index contributed by atoms with van der Waals surface area (Å²) in [6, 6.07) is -0.292. The monoisotopic (exact) mass is 390 g/mol. The summed E-state index contributed by atoms with van der Waals surface area (Å²) in [5.41, 5.74) is 5.02.